The van der Waals surface area contributed by atoms with Crippen LogP contribution in [0.5, 0.6) is 5.75 Å². The van der Waals surface area contributed by atoms with Crippen molar-refractivity contribution >= 4 is 16.5 Å². The van der Waals surface area contributed by atoms with Crippen molar-refractivity contribution in [2.24, 2.45) is 0 Å². The lowest BCUT2D eigenvalue weighted by atomic mass is 10.2. The van der Waals surface area contributed by atoms with Gasteiger partial charge in [-0.25, -0.2) is 0 Å². The first-order valence-electron chi connectivity index (χ1n) is 6.09. The molecule has 0 heterocycles. The summed E-state index contributed by atoms with van der Waals surface area (Å²) in [6.07, 6.45) is 0. The summed E-state index contributed by atoms with van der Waals surface area (Å²) in [6.45, 7) is 2.39. The number of aryl methyl sites for hydroxylation is 1. The average molecular weight is 275 g/mol. The van der Waals surface area contributed by atoms with Gasteiger partial charge in [0.05, 0.1) is 16.6 Å². The highest BCUT2D eigenvalue weighted by Gasteiger charge is 2.06. The molecule has 0 fully saturated rings. The zero-order valence-corrected chi connectivity index (χ0v) is 11.7. The van der Waals surface area contributed by atoms with Crippen LogP contribution in [0.25, 0.3) is 0 Å². The van der Waals surface area contributed by atoms with Gasteiger partial charge in [0, 0.05) is 10.6 Å². The minimum absolute atomic E-state index is 0.421. The van der Waals surface area contributed by atoms with Gasteiger partial charge >= 0.3 is 0 Å². The summed E-state index contributed by atoms with van der Waals surface area (Å²) >= 11 is 0. The van der Waals surface area contributed by atoms with E-state index in [1.807, 2.05) is 43.3 Å². The van der Waals surface area contributed by atoms with Crippen molar-refractivity contribution in [3.63, 3.8) is 0 Å². The van der Waals surface area contributed by atoms with E-state index in [-0.39, 0.29) is 0 Å². The molecule has 0 saturated carbocycles. The molecule has 1 atom stereocenters. The van der Waals surface area contributed by atoms with E-state index < -0.39 is 10.8 Å². The number of hydrogen-bond acceptors (Lipinski definition) is 3. The van der Waals surface area contributed by atoms with E-state index in [0.29, 0.717) is 18.0 Å². The summed E-state index contributed by atoms with van der Waals surface area (Å²) in [5.41, 5.74) is 7.35. The van der Waals surface area contributed by atoms with E-state index in [9.17, 15) is 4.21 Å². The molecule has 3 nitrogen and oxygen atoms in total. The monoisotopic (exact) mass is 275 g/mol. The Balaban J connectivity index is 1.88. The molecule has 0 aromatic heterocycles. The van der Waals surface area contributed by atoms with E-state index in [4.69, 9.17) is 10.5 Å². The molecule has 1 unspecified atom stereocenters. The van der Waals surface area contributed by atoms with Crippen molar-refractivity contribution in [3.8, 4) is 5.75 Å². The quantitative estimate of drug-likeness (QED) is 0.854. The number of benzene rings is 2. The van der Waals surface area contributed by atoms with E-state index in [1.54, 1.807) is 12.1 Å². The highest BCUT2D eigenvalue weighted by Crippen LogP contribution is 2.15. The molecule has 100 valence electrons. The second-order valence-electron chi connectivity index (χ2n) is 4.23. The van der Waals surface area contributed by atoms with Crippen molar-refractivity contribution in [2.75, 3.05) is 18.1 Å². The van der Waals surface area contributed by atoms with Crippen molar-refractivity contribution in [3.05, 3.63) is 54.1 Å². The molecule has 0 radical (unpaired) electrons. The molecule has 2 aromatic rings. The molecule has 0 amide bonds. The minimum Gasteiger partial charge on any atom is -0.493 e. The predicted molar refractivity (Wildman–Crippen MR) is 78.8 cm³/mol. The third-order valence-corrected chi connectivity index (χ3v) is 4.24. The predicted octanol–water partition coefficient (Wildman–Crippen LogP) is 2.76. The molecular weight excluding hydrogens is 258 g/mol. The molecule has 4 heteroatoms. The SMILES string of the molecule is Cc1ccccc1S(=O)CCOc1ccc(N)cc1. The van der Waals surface area contributed by atoms with Crippen LogP contribution in [0.15, 0.2) is 53.4 Å². The van der Waals surface area contributed by atoms with Gasteiger partial charge in [-0.2, -0.15) is 0 Å². The standard InChI is InChI=1S/C15H17NO2S/c1-12-4-2-3-5-15(12)19(17)11-10-18-14-8-6-13(16)7-9-14/h2-9H,10-11,16H2,1H3. The Morgan fingerprint density at radius 2 is 1.79 bits per heavy atom. The summed E-state index contributed by atoms with van der Waals surface area (Å²) in [5, 5.41) is 0. The van der Waals surface area contributed by atoms with Crippen molar-refractivity contribution in [2.45, 2.75) is 11.8 Å². The summed E-state index contributed by atoms with van der Waals surface area (Å²) in [7, 11) is -1.02. The fourth-order valence-electron chi connectivity index (χ4n) is 1.72. The van der Waals surface area contributed by atoms with Crippen LogP contribution in [0.4, 0.5) is 5.69 Å². The molecular formula is C15H17NO2S. The maximum absolute atomic E-state index is 12.1. The van der Waals surface area contributed by atoms with Gasteiger partial charge in [-0.3, -0.25) is 4.21 Å². The lowest BCUT2D eigenvalue weighted by Crippen LogP contribution is -2.09. The van der Waals surface area contributed by atoms with E-state index >= 15 is 0 Å². The molecule has 2 aromatic carbocycles. The zero-order chi connectivity index (χ0) is 13.7. The van der Waals surface area contributed by atoms with Crippen LogP contribution in [0, 0.1) is 6.92 Å². The molecule has 19 heavy (non-hydrogen) atoms. The first kappa shape index (κ1) is 13.6. The van der Waals surface area contributed by atoms with E-state index in [2.05, 4.69) is 0 Å². The Morgan fingerprint density at radius 3 is 2.47 bits per heavy atom. The fourth-order valence-corrected chi connectivity index (χ4v) is 2.83. The molecule has 2 rings (SSSR count). The Labute approximate surface area is 115 Å². The van der Waals surface area contributed by atoms with Crippen LogP contribution in [-0.4, -0.2) is 16.6 Å². The maximum Gasteiger partial charge on any atom is 0.119 e. The van der Waals surface area contributed by atoms with Gasteiger partial charge < -0.3 is 10.5 Å². The number of nitrogens with two attached hydrogens (primary N) is 1. The van der Waals surface area contributed by atoms with Gasteiger partial charge in [-0.1, -0.05) is 18.2 Å². The molecule has 0 bridgehead atoms. The number of ether oxygens (including phenoxy) is 1. The number of rotatable bonds is 5. The largest absolute Gasteiger partial charge is 0.493 e. The normalized spacial score (nSPS) is 12.1. The molecule has 0 aliphatic carbocycles. The number of anilines is 1. The van der Waals surface area contributed by atoms with Crippen LogP contribution < -0.4 is 10.5 Å². The zero-order valence-electron chi connectivity index (χ0n) is 10.8. The van der Waals surface area contributed by atoms with Gasteiger partial charge in [0.2, 0.25) is 0 Å². The maximum atomic E-state index is 12.1. The lowest BCUT2D eigenvalue weighted by Gasteiger charge is -2.08. The van der Waals surface area contributed by atoms with Crippen molar-refractivity contribution < 1.29 is 8.95 Å². The molecule has 0 saturated heterocycles. The Kier molecular flexibility index (Phi) is 4.58. The first-order valence-corrected chi connectivity index (χ1v) is 7.41. The van der Waals surface area contributed by atoms with Gasteiger partial charge in [0.25, 0.3) is 0 Å². The van der Waals surface area contributed by atoms with Crippen molar-refractivity contribution in [1.82, 2.24) is 0 Å². The van der Waals surface area contributed by atoms with Gasteiger partial charge in [-0.15, -0.1) is 0 Å². The smallest absolute Gasteiger partial charge is 0.119 e. The number of hydrogen-bond donors (Lipinski definition) is 1. The third kappa shape index (κ3) is 3.83. The Morgan fingerprint density at radius 1 is 1.11 bits per heavy atom. The van der Waals surface area contributed by atoms with Crippen LogP contribution in [0.1, 0.15) is 5.56 Å². The van der Waals surface area contributed by atoms with Crippen LogP contribution in [-0.2, 0) is 10.8 Å². The molecule has 0 aliphatic rings. The highest BCUT2D eigenvalue weighted by atomic mass is 32.2. The molecule has 2 N–H and O–H groups in total. The van der Waals surface area contributed by atoms with Crippen LogP contribution >= 0.6 is 0 Å². The summed E-state index contributed by atoms with van der Waals surface area (Å²) in [4.78, 5) is 0.878. The number of nitrogen functional groups attached to an aromatic ring is 1. The summed E-state index contributed by atoms with van der Waals surface area (Å²) < 4.78 is 17.7. The minimum atomic E-state index is -1.02. The van der Waals surface area contributed by atoms with Crippen LogP contribution in [0.2, 0.25) is 0 Å². The Hall–Kier alpha value is -1.81. The van der Waals surface area contributed by atoms with Gasteiger partial charge in [0.1, 0.15) is 12.4 Å². The molecule has 0 aliphatic heterocycles. The second-order valence-corrected chi connectivity index (χ2v) is 5.77. The lowest BCUT2D eigenvalue weighted by molar-refractivity contribution is 0.342. The summed E-state index contributed by atoms with van der Waals surface area (Å²) in [6, 6.07) is 14.9. The topological polar surface area (TPSA) is 52.3 Å². The average Bonchev–Trinajstić information content (AvgIpc) is 2.41. The molecule has 0 spiro atoms. The van der Waals surface area contributed by atoms with Gasteiger partial charge in [0.15, 0.2) is 0 Å². The Bertz CT molecular complexity index is 567. The fraction of sp³-hybridized carbons (Fsp3) is 0.200. The second kappa shape index (κ2) is 6.38. The van der Waals surface area contributed by atoms with E-state index in [0.717, 1.165) is 16.2 Å². The first-order chi connectivity index (χ1) is 9.16. The van der Waals surface area contributed by atoms with E-state index in [1.165, 1.54) is 0 Å². The third-order valence-electron chi connectivity index (χ3n) is 2.76. The van der Waals surface area contributed by atoms with Gasteiger partial charge in [-0.05, 0) is 42.8 Å². The summed E-state index contributed by atoms with van der Waals surface area (Å²) in [5.74, 6) is 1.23. The highest BCUT2D eigenvalue weighted by molar-refractivity contribution is 7.85. The van der Waals surface area contributed by atoms with Crippen molar-refractivity contribution in [1.29, 1.82) is 0 Å². The van der Waals surface area contributed by atoms with Crippen LogP contribution in [0.3, 0.4) is 0 Å².